The van der Waals surface area contributed by atoms with Crippen molar-refractivity contribution >= 4 is 12.1 Å². The molecule has 0 aromatic rings. The fraction of sp³-hybridized carbons (Fsp3) is 0.400. The van der Waals surface area contributed by atoms with Gasteiger partial charge in [-0.25, -0.2) is 0 Å². The Kier molecular flexibility index (Phi) is 14.0. The highest BCUT2D eigenvalue weighted by Gasteiger charge is 1.73. The summed E-state index contributed by atoms with van der Waals surface area (Å²) < 4.78 is 0. The van der Waals surface area contributed by atoms with E-state index in [-0.39, 0.29) is 5.78 Å². The SMILES string of the molecule is CC=CC(C)=O.CCC=CC=O. The van der Waals surface area contributed by atoms with Crippen LogP contribution in [0.15, 0.2) is 24.3 Å². The predicted molar refractivity (Wildman–Crippen MR) is 51.0 cm³/mol. The highest BCUT2D eigenvalue weighted by atomic mass is 16.1. The molecule has 0 aliphatic heterocycles. The van der Waals surface area contributed by atoms with E-state index in [1.54, 1.807) is 6.08 Å². The van der Waals surface area contributed by atoms with Crippen LogP contribution >= 0.6 is 0 Å². The Balaban J connectivity index is 0. The summed E-state index contributed by atoms with van der Waals surface area (Å²) >= 11 is 0. The van der Waals surface area contributed by atoms with Gasteiger partial charge in [-0.15, -0.1) is 0 Å². The standard InChI is InChI=1S/2C5H8O/c1-3-4-5(2)6;1-2-3-4-5-6/h3-4H,1-2H3;3-5H,2H2,1H3. The molecular formula is C10H16O2. The van der Waals surface area contributed by atoms with Crippen molar-refractivity contribution in [2.45, 2.75) is 27.2 Å². The molecule has 68 valence electrons. The van der Waals surface area contributed by atoms with Crippen LogP contribution in [-0.2, 0) is 9.59 Å². The van der Waals surface area contributed by atoms with E-state index < -0.39 is 0 Å². The van der Waals surface area contributed by atoms with Crippen molar-refractivity contribution in [1.82, 2.24) is 0 Å². The summed E-state index contributed by atoms with van der Waals surface area (Å²) in [5, 5.41) is 0. The van der Waals surface area contributed by atoms with E-state index in [0.29, 0.717) is 0 Å². The second kappa shape index (κ2) is 12.5. The third-order valence-electron chi connectivity index (χ3n) is 0.852. The Morgan fingerprint density at radius 3 is 2.08 bits per heavy atom. The number of ketones is 1. The van der Waals surface area contributed by atoms with Gasteiger partial charge in [0.05, 0.1) is 0 Å². The molecular weight excluding hydrogens is 152 g/mol. The minimum Gasteiger partial charge on any atom is -0.299 e. The molecule has 0 aliphatic carbocycles. The third kappa shape index (κ3) is 23.2. The monoisotopic (exact) mass is 168 g/mol. The second-order valence-electron chi connectivity index (χ2n) is 2.08. The molecule has 2 nitrogen and oxygen atoms in total. The Morgan fingerprint density at radius 1 is 1.42 bits per heavy atom. The summed E-state index contributed by atoms with van der Waals surface area (Å²) in [6.45, 7) is 5.33. The maximum absolute atomic E-state index is 9.96. The van der Waals surface area contributed by atoms with Crippen molar-refractivity contribution in [1.29, 1.82) is 0 Å². The first-order valence-electron chi connectivity index (χ1n) is 3.92. The molecule has 0 aromatic heterocycles. The number of carbonyl (C=O) groups is 2. The van der Waals surface area contributed by atoms with E-state index >= 15 is 0 Å². The summed E-state index contributed by atoms with van der Waals surface area (Å²) in [7, 11) is 0. The molecule has 0 saturated carbocycles. The molecule has 0 saturated heterocycles. The lowest BCUT2D eigenvalue weighted by Crippen LogP contribution is -1.76. The molecule has 0 atom stereocenters. The number of rotatable bonds is 3. The van der Waals surface area contributed by atoms with Gasteiger partial charge in [-0.3, -0.25) is 9.59 Å². The molecule has 0 fully saturated rings. The van der Waals surface area contributed by atoms with Crippen molar-refractivity contribution in [2.24, 2.45) is 0 Å². The van der Waals surface area contributed by atoms with Crippen LogP contribution in [0.25, 0.3) is 0 Å². The first-order valence-corrected chi connectivity index (χ1v) is 3.92. The van der Waals surface area contributed by atoms with Gasteiger partial charge < -0.3 is 0 Å². The van der Waals surface area contributed by atoms with E-state index in [0.717, 1.165) is 12.7 Å². The van der Waals surface area contributed by atoms with Gasteiger partial charge in [-0.05, 0) is 32.4 Å². The van der Waals surface area contributed by atoms with Crippen LogP contribution in [0.5, 0.6) is 0 Å². The summed E-state index contributed by atoms with van der Waals surface area (Å²) in [4.78, 5) is 19.4. The van der Waals surface area contributed by atoms with Crippen LogP contribution in [0.4, 0.5) is 0 Å². The summed E-state index contributed by atoms with van der Waals surface area (Å²) in [5.41, 5.74) is 0. The maximum Gasteiger partial charge on any atom is 0.152 e. The number of allylic oxidation sites excluding steroid dienone is 4. The van der Waals surface area contributed by atoms with Crippen LogP contribution in [0.1, 0.15) is 27.2 Å². The molecule has 0 spiro atoms. The van der Waals surface area contributed by atoms with E-state index in [1.165, 1.54) is 19.1 Å². The molecule has 0 radical (unpaired) electrons. The minimum atomic E-state index is 0.109. The third-order valence-corrected chi connectivity index (χ3v) is 0.852. The van der Waals surface area contributed by atoms with Crippen molar-refractivity contribution in [2.75, 3.05) is 0 Å². The molecule has 0 amide bonds. The topological polar surface area (TPSA) is 34.1 Å². The van der Waals surface area contributed by atoms with Crippen LogP contribution in [0, 0.1) is 0 Å². The lowest BCUT2D eigenvalue weighted by atomic mass is 10.4. The number of aldehydes is 1. The zero-order valence-corrected chi connectivity index (χ0v) is 7.91. The summed E-state index contributed by atoms with van der Waals surface area (Å²) in [5.74, 6) is 0.109. The molecule has 12 heavy (non-hydrogen) atoms. The average Bonchev–Trinajstić information content (AvgIpc) is 2.02. The summed E-state index contributed by atoms with van der Waals surface area (Å²) in [6.07, 6.45) is 8.29. The van der Waals surface area contributed by atoms with E-state index in [9.17, 15) is 9.59 Å². The smallest absolute Gasteiger partial charge is 0.152 e. The quantitative estimate of drug-likeness (QED) is 0.478. The molecule has 2 heteroatoms. The fourth-order valence-electron chi connectivity index (χ4n) is 0.426. The number of hydrogen-bond donors (Lipinski definition) is 0. The van der Waals surface area contributed by atoms with Crippen molar-refractivity contribution in [3.05, 3.63) is 24.3 Å². The van der Waals surface area contributed by atoms with Crippen molar-refractivity contribution in [3.63, 3.8) is 0 Å². The van der Waals surface area contributed by atoms with Gasteiger partial charge in [0.25, 0.3) is 0 Å². The molecule has 0 rings (SSSR count). The van der Waals surface area contributed by atoms with Gasteiger partial charge in [-0.1, -0.05) is 19.1 Å². The Labute approximate surface area is 74.0 Å². The van der Waals surface area contributed by atoms with E-state index in [4.69, 9.17) is 0 Å². The molecule has 0 N–H and O–H groups in total. The molecule has 0 unspecified atom stereocenters. The zero-order valence-electron chi connectivity index (χ0n) is 7.91. The Bertz CT molecular complexity index is 167. The normalized spacial score (nSPS) is 9.58. The van der Waals surface area contributed by atoms with Crippen molar-refractivity contribution < 1.29 is 9.59 Å². The van der Waals surface area contributed by atoms with Gasteiger partial charge in [0.1, 0.15) is 6.29 Å². The second-order valence-corrected chi connectivity index (χ2v) is 2.08. The van der Waals surface area contributed by atoms with Crippen LogP contribution < -0.4 is 0 Å². The predicted octanol–water partition coefficient (Wildman–Crippen LogP) is 2.30. The average molecular weight is 168 g/mol. The molecule has 0 heterocycles. The highest BCUT2D eigenvalue weighted by Crippen LogP contribution is 1.72. The fourth-order valence-corrected chi connectivity index (χ4v) is 0.426. The molecule has 0 aromatic carbocycles. The molecule has 0 bridgehead atoms. The largest absolute Gasteiger partial charge is 0.299 e. The molecule has 0 aliphatic rings. The Hall–Kier alpha value is -1.18. The number of hydrogen-bond acceptors (Lipinski definition) is 2. The van der Waals surface area contributed by atoms with E-state index in [2.05, 4.69) is 0 Å². The van der Waals surface area contributed by atoms with E-state index in [1.807, 2.05) is 19.9 Å². The van der Waals surface area contributed by atoms with Crippen LogP contribution in [0.2, 0.25) is 0 Å². The van der Waals surface area contributed by atoms with Crippen LogP contribution in [0.3, 0.4) is 0 Å². The zero-order chi connectivity index (χ0) is 9.82. The van der Waals surface area contributed by atoms with Crippen molar-refractivity contribution in [3.8, 4) is 0 Å². The lowest BCUT2D eigenvalue weighted by molar-refractivity contribution is -0.112. The highest BCUT2D eigenvalue weighted by molar-refractivity contribution is 5.87. The number of carbonyl (C=O) groups excluding carboxylic acids is 2. The van der Waals surface area contributed by atoms with Crippen LogP contribution in [-0.4, -0.2) is 12.1 Å². The lowest BCUT2D eigenvalue weighted by Gasteiger charge is -1.68. The Morgan fingerprint density at radius 2 is 2.00 bits per heavy atom. The minimum absolute atomic E-state index is 0.109. The van der Waals surface area contributed by atoms with Gasteiger partial charge >= 0.3 is 0 Å². The van der Waals surface area contributed by atoms with Gasteiger partial charge in [0, 0.05) is 0 Å². The first-order chi connectivity index (χ1) is 5.68. The summed E-state index contributed by atoms with van der Waals surface area (Å²) in [6, 6.07) is 0. The first kappa shape index (κ1) is 13.4. The van der Waals surface area contributed by atoms with Gasteiger partial charge in [0.2, 0.25) is 0 Å². The van der Waals surface area contributed by atoms with Gasteiger partial charge in [0.15, 0.2) is 5.78 Å². The van der Waals surface area contributed by atoms with Gasteiger partial charge in [-0.2, -0.15) is 0 Å². The maximum atomic E-state index is 9.96.